The minimum Gasteiger partial charge on any atom is -0.504 e. The zero-order chi connectivity index (χ0) is 13.1. The Morgan fingerprint density at radius 3 is 3.00 bits per heavy atom. The molecular formula is C12H16N4O3. The van der Waals surface area contributed by atoms with Crippen LogP contribution < -0.4 is 4.74 Å². The van der Waals surface area contributed by atoms with Gasteiger partial charge in [-0.25, -0.2) is 9.50 Å². The number of hydrogen-bond donors (Lipinski definition) is 1. The Hall–Kier alpha value is -1.86. The molecule has 7 heteroatoms. The fraction of sp³-hybridized carbons (Fsp3) is 0.500. The van der Waals surface area contributed by atoms with Gasteiger partial charge in [0.1, 0.15) is 12.1 Å². The van der Waals surface area contributed by atoms with Gasteiger partial charge in [0.2, 0.25) is 5.88 Å². The third-order valence-electron chi connectivity index (χ3n) is 3.12. The smallest absolute Gasteiger partial charge is 0.232 e. The van der Waals surface area contributed by atoms with Crippen molar-refractivity contribution in [1.82, 2.24) is 19.5 Å². The summed E-state index contributed by atoms with van der Waals surface area (Å²) in [6.45, 7) is 4.90. The van der Waals surface area contributed by atoms with Crippen molar-refractivity contribution in [1.29, 1.82) is 0 Å². The molecule has 2 aromatic heterocycles. The summed E-state index contributed by atoms with van der Waals surface area (Å²) in [7, 11) is 0. The topological polar surface area (TPSA) is 72.1 Å². The van der Waals surface area contributed by atoms with Crippen molar-refractivity contribution in [2.24, 2.45) is 0 Å². The van der Waals surface area contributed by atoms with Crippen molar-refractivity contribution in [2.45, 2.75) is 0 Å². The molecular weight excluding hydrogens is 248 g/mol. The first-order valence-corrected chi connectivity index (χ1v) is 6.28. The first kappa shape index (κ1) is 12.2. The van der Waals surface area contributed by atoms with Crippen molar-refractivity contribution in [2.75, 3.05) is 39.5 Å². The van der Waals surface area contributed by atoms with E-state index in [4.69, 9.17) is 9.47 Å². The molecule has 102 valence electrons. The molecule has 0 radical (unpaired) electrons. The van der Waals surface area contributed by atoms with E-state index in [2.05, 4.69) is 15.0 Å². The van der Waals surface area contributed by atoms with Gasteiger partial charge in [-0.3, -0.25) is 4.90 Å². The zero-order valence-corrected chi connectivity index (χ0v) is 10.5. The van der Waals surface area contributed by atoms with E-state index < -0.39 is 0 Å². The Kier molecular flexibility index (Phi) is 3.47. The SMILES string of the molecule is Oc1cnn2cc(OCCN3CCOCC3)ncc12. The standard InChI is InChI=1S/C12H16N4O3/c17-11-8-14-16-9-12(13-7-10(11)16)19-6-3-15-1-4-18-5-2-15/h7-9,17H,1-6H2. The molecule has 1 N–H and O–H groups in total. The van der Waals surface area contributed by atoms with Gasteiger partial charge < -0.3 is 14.6 Å². The van der Waals surface area contributed by atoms with Gasteiger partial charge in [0.25, 0.3) is 0 Å². The third-order valence-corrected chi connectivity index (χ3v) is 3.12. The van der Waals surface area contributed by atoms with E-state index in [0.29, 0.717) is 18.0 Å². The van der Waals surface area contributed by atoms with Gasteiger partial charge in [-0.15, -0.1) is 0 Å². The number of nitrogens with zero attached hydrogens (tertiary/aromatic N) is 4. The summed E-state index contributed by atoms with van der Waals surface area (Å²) in [6, 6.07) is 0. The van der Waals surface area contributed by atoms with Crippen LogP contribution in [-0.4, -0.2) is 64.1 Å². The molecule has 3 heterocycles. The lowest BCUT2D eigenvalue weighted by Gasteiger charge is -2.26. The van der Waals surface area contributed by atoms with Gasteiger partial charge in [-0.1, -0.05) is 0 Å². The molecule has 2 aromatic rings. The van der Waals surface area contributed by atoms with Crippen molar-refractivity contribution in [3.63, 3.8) is 0 Å². The molecule has 3 rings (SSSR count). The molecule has 19 heavy (non-hydrogen) atoms. The van der Waals surface area contributed by atoms with Crippen LogP contribution in [0.5, 0.6) is 11.6 Å². The average molecular weight is 264 g/mol. The summed E-state index contributed by atoms with van der Waals surface area (Å²) < 4.78 is 12.4. The molecule has 0 unspecified atom stereocenters. The van der Waals surface area contributed by atoms with Gasteiger partial charge in [-0.05, 0) is 0 Å². The number of ether oxygens (including phenoxy) is 2. The maximum absolute atomic E-state index is 9.47. The molecule has 0 amide bonds. The van der Waals surface area contributed by atoms with Gasteiger partial charge in [0, 0.05) is 19.6 Å². The van der Waals surface area contributed by atoms with Gasteiger partial charge in [0.15, 0.2) is 5.75 Å². The summed E-state index contributed by atoms with van der Waals surface area (Å²) >= 11 is 0. The Morgan fingerprint density at radius 1 is 1.32 bits per heavy atom. The first-order chi connectivity index (χ1) is 9.33. The number of hydrogen-bond acceptors (Lipinski definition) is 6. The predicted octanol–water partition coefficient (Wildman–Crippen LogP) is 0.146. The Bertz CT molecular complexity index is 551. The summed E-state index contributed by atoms with van der Waals surface area (Å²) in [5.41, 5.74) is 0.570. The number of aromatic hydroxyl groups is 1. The Balaban J connectivity index is 1.56. The van der Waals surface area contributed by atoms with E-state index in [1.165, 1.54) is 6.20 Å². The van der Waals surface area contributed by atoms with Crippen LogP contribution in [0, 0.1) is 0 Å². The van der Waals surface area contributed by atoms with Crippen molar-refractivity contribution < 1.29 is 14.6 Å². The van der Waals surface area contributed by atoms with E-state index in [1.807, 2.05) is 0 Å². The molecule has 0 saturated carbocycles. The Morgan fingerprint density at radius 2 is 2.16 bits per heavy atom. The molecule has 0 aromatic carbocycles. The van der Waals surface area contributed by atoms with Crippen LogP contribution in [0.3, 0.4) is 0 Å². The molecule has 1 fully saturated rings. The Labute approximate surface area is 110 Å². The monoisotopic (exact) mass is 264 g/mol. The van der Waals surface area contributed by atoms with Crippen LogP contribution in [0.2, 0.25) is 0 Å². The highest BCUT2D eigenvalue weighted by atomic mass is 16.5. The highest BCUT2D eigenvalue weighted by molar-refractivity contribution is 5.56. The fourth-order valence-electron chi connectivity index (χ4n) is 2.03. The molecule has 7 nitrogen and oxygen atoms in total. The number of fused-ring (bicyclic) bond motifs is 1. The van der Waals surface area contributed by atoms with Crippen molar-refractivity contribution in [3.8, 4) is 11.6 Å². The quantitative estimate of drug-likeness (QED) is 0.847. The van der Waals surface area contributed by atoms with E-state index in [9.17, 15) is 5.11 Å². The summed E-state index contributed by atoms with van der Waals surface area (Å²) in [5, 5.41) is 13.5. The number of morpholine rings is 1. The molecule has 1 aliphatic heterocycles. The maximum atomic E-state index is 9.47. The minimum absolute atomic E-state index is 0.118. The molecule has 1 saturated heterocycles. The van der Waals surface area contributed by atoms with Crippen molar-refractivity contribution >= 4 is 5.52 Å². The average Bonchev–Trinajstić information content (AvgIpc) is 2.81. The highest BCUT2D eigenvalue weighted by Crippen LogP contribution is 2.18. The lowest BCUT2D eigenvalue weighted by molar-refractivity contribution is 0.0319. The van der Waals surface area contributed by atoms with E-state index in [-0.39, 0.29) is 5.75 Å². The molecule has 0 atom stereocenters. The van der Waals surface area contributed by atoms with E-state index >= 15 is 0 Å². The summed E-state index contributed by atoms with van der Waals surface area (Å²) in [6.07, 6.45) is 4.59. The minimum atomic E-state index is 0.118. The summed E-state index contributed by atoms with van der Waals surface area (Å²) in [5.74, 6) is 0.622. The van der Waals surface area contributed by atoms with Crippen LogP contribution in [0.4, 0.5) is 0 Å². The largest absolute Gasteiger partial charge is 0.504 e. The second kappa shape index (κ2) is 5.41. The van der Waals surface area contributed by atoms with Crippen LogP contribution in [-0.2, 0) is 4.74 Å². The zero-order valence-electron chi connectivity index (χ0n) is 10.5. The van der Waals surface area contributed by atoms with Gasteiger partial charge in [-0.2, -0.15) is 5.10 Å². The van der Waals surface area contributed by atoms with Crippen LogP contribution in [0.1, 0.15) is 0 Å². The van der Waals surface area contributed by atoms with Gasteiger partial charge in [0.05, 0.1) is 31.8 Å². The second-order valence-electron chi connectivity index (χ2n) is 4.39. The van der Waals surface area contributed by atoms with Crippen LogP contribution in [0.15, 0.2) is 18.6 Å². The number of rotatable bonds is 4. The van der Waals surface area contributed by atoms with Crippen LogP contribution in [0.25, 0.3) is 5.52 Å². The first-order valence-electron chi connectivity index (χ1n) is 6.28. The molecule has 0 spiro atoms. The lowest BCUT2D eigenvalue weighted by atomic mass is 10.4. The number of aromatic nitrogens is 3. The molecule has 0 bridgehead atoms. The van der Waals surface area contributed by atoms with Crippen molar-refractivity contribution in [3.05, 3.63) is 18.6 Å². The maximum Gasteiger partial charge on any atom is 0.232 e. The molecule has 0 aliphatic carbocycles. The predicted molar refractivity (Wildman–Crippen MR) is 67.4 cm³/mol. The van der Waals surface area contributed by atoms with Gasteiger partial charge >= 0.3 is 0 Å². The second-order valence-corrected chi connectivity index (χ2v) is 4.39. The van der Waals surface area contributed by atoms with E-state index in [1.54, 1.807) is 16.9 Å². The van der Waals surface area contributed by atoms with Crippen LogP contribution >= 0.6 is 0 Å². The highest BCUT2D eigenvalue weighted by Gasteiger charge is 2.10. The normalized spacial score (nSPS) is 16.8. The summed E-state index contributed by atoms with van der Waals surface area (Å²) in [4.78, 5) is 6.43. The molecule has 1 aliphatic rings. The lowest BCUT2D eigenvalue weighted by Crippen LogP contribution is -2.38. The van der Waals surface area contributed by atoms with E-state index in [0.717, 1.165) is 32.8 Å². The third kappa shape index (κ3) is 2.77. The fourth-order valence-corrected chi connectivity index (χ4v) is 2.03.